The molecule has 3 aromatic heterocycles. The van der Waals surface area contributed by atoms with Crippen LogP contribution in [0.3, 0.4) is 0 Å². The van der Waals surface area contributed by atoms with Crippen LogP contribution in [0.2, 0.25) is 0 Å². The van der Waals surface area contributed by atoms with E-state index in [1.165, 1.54) is 53.7 Å². The number of aromatic nitrogens is 1. The Morgan fingerprint density at radius 2 is 1.95 bits per heavy atom. The van der Waals surface area contributed by atoms with Crippen molar-refractivity contribution >= 4 is 22.7 Å². The molecule has 0 radical (unpaired) electrons. The van der Waals surface area contributed by atoms with Gasteiger partial charge in [0.15, 0.2) is 0 Å². The quantitative estimate of drug-likeness (QED) is 0.442. The number of hydrogen-bond acceptors (Lipinski definition) is 3. The lowest BCUT2D eigenvalue weighted by molar-refractivity contribution is 0.668. The fourth-order valence-corrected chi connectivity index (χ4v) is 4.27. The molecule has 0 amide bonds. The van der Waals surface area contributed by atoms with E-state index in [4.69, 9.17) is 0 Å². The minimum atomic E-state index is 1.07. The molecule has 3 heteroatoms. The van der Waals surface area contributed by atoms with Gasteiger partial charge in [0.2, 0.25) is 0 Å². The summed E-state index contributed by atoms with van der Waals surface area (Å²) >= 11 is 3.57. The molecule has 0 aliphatic carbocycles. The Hall–Kier alpha value is -1.45. The molecule has 0 aliphatic heterocycles. The molecule has 0 unspecified atom stereocenters. The lowest BCUT2D eigenvalue weighted by Crippen LogP contribution is -1.88. The highest BCUT2D eigenvalue weighted by molar-refractivity contribution is 7.13. The van der Waals surface area contributed by atoms with Crippen molar-refractivity contribution in [3.63, 3.8) is 0 Å². The lowest BCUT2D eigenvalue weighted by atomic mass is 10.0. The number of rotatable bonds is 7. The minimum Gasteiger partial charge on any atom is -0.256 e. The molecule has 3 rings (SSSR count). The van der Waals surface area contributed by atoms with E-state index in [1.54, 1.807) is 11.3 Å². The Morgan fingerprint density at radius 1 is 1.00 bits per heavy atom. The summed E-state index contributed by atoms with van der Waals surface area (Å²) in [6.45, 7) is 2.26. The summed E-state index contributed by atoms with van der Waals surface area (Å²) in [5.41, 5.74) is 5.08. The maximum Gasteiger partial charge on any atom is 0.0716 e. The number of pyridine rings is 1. The van der Waals surface area contributed by atoms with Gasteiger partial charge in [-0.05, 0) is 59.0 Å². The molecule has 1 nitrogen and oxygen atoms in total. The van der Waals surface area contributed by atoms with Crippen LogP contribution in [0.1, 0.15) is 38.2 Å². The maximum absolute atomic E-state index is 4.52. The summed E-state index contributed by atoms with van der Waals surface area (Å²) in [4.78, 5) is 5.93. The second-order valence-corrected chi connectivity index (χ2v) is 7.22. The predicted octanol–water partition coefficient (Wildman–Crippen LogP) is 6.66. The third-order valence-electron chi connectivity index (χ3n) is 3.89. The van der Waals surface area contributed by atoms with Crippen LogP contribution in [0.4, 0.5) is 0 Å². The van der Waals surface area contributed by atoms with Crippen LogP contribution in [0.15, 0.2) is 46.6 Å². The molecule has 0 atom stereocenters. The average Bonchev–Trinajstić information content (AvgIpc) is 3.23. The zero-order chi connectivity index (χ0) is 15.2. The maximum atomic E-state index is 4.52. The van der Waals surface area contributed by atoms with E-state index in [1.807, 2.05) is 17.5 Å². The van der Waals surface area contributed by atoms with E-state index in [9.17, 15) is 0 Å². The third kappa shape index (κ3) is 3.65. The first-order chi connectivity index (χ1) is 10.9. The highest BCUT2D eigenvalue weighted by atomic mass is 32.1. The Balaban J connectivity index is 1.80. The number of aryl methyl sites for hydroxylation is 1. The Kier molecular flexibility index (Phi) is 5.41. The summed E-state index contributed by atoms with van der Waals surface area (Å²) in [6, 6.07) is 8.79. The van der Waals surface area contributed by atoms with Gasteiger partial charge in [0.1, 0.15) is 0 Å². The molecular formula is C19H21NS2. The van der Waals surface area contributed by atoms with Gasteiger partial charge in [-0.15, -0.1) is 11.3 Å². The van der Waals surface area contributed by atoms with Crippen molar-refractivity contribution in [2.75, 3.05) is 0 Å². The number of nitrogens with zero attached hydrogens (tertiary/aromatic N) is 1. The van der Waals surface area contributed by atoms with E-state index in [2.05, 4.69) is 52.3 Å². The zero-order valence-corrected chi connectivity index (χ0v) is 14.6. The predicted molar refractivity (Wildman–Crippen MR) is 98.7 cm³/mol. The van der Waals surface area contributed by atoms with E-state index in [0.717, 1.165) is 5.69 Å². The SMILES string of the molecule is CCCCCCc1ccsc1-c1ccnc(-c2ccsc2)c1. The Bertz CT molecular complexity index is 698. The van der Waals surface area contributed by atoms with Gasteiger partial charge in [-0.25, -0.2) is 0 Å². The molecule has 0 fully saturated rings. The molecule has 0 saturated heterocycles. The van der Waals surface area contributed by atoms with Crippen molar-refractivity contribution in [1.29, 1.82) is 0 Å². The zero-order valence-electron chi connectivity index (χ0n) is 12.9. The summed E-state index contributed by atoms with van der Waals surface area (Å²) < 4.78 is 0. The summed E-state index contributed by atoms with van der Waals surface area (Å²) in [5.74, 6) is 0. The number of thiophene rings is 2. The van der Waals surface area contributed by atoms with Crippen molar-refractivity contribution in [1.82, 2.24) is 4.98 Å². The molecular weight excluding hydrogens is 306 g/mol. The van der Waals surface area contributed by atoms with E-state index >= 15 is 0 Å². The van der Waals surface area contributed by atoms with Gasteiger partial charge in [0.05, 0.1) is 5.69 Å². The van der Waals surface area contributed by atoms with Crippen molar-refractivity contribution in [2.45, 2.75) is 39.0 Å². The fraction of sp³-hybridized carbons (Fsp3) is 0.316. The number of unbranched alkanes of at least 4 members (excludes halogenated alkanes) is 3. The molecule has 22 heavy (non-hydrogen) atoms. The Morgan fingerprint density at radius 3 is 2.77 bits per heavy atom. The van der Waals surface area contributed by atoms with Gasteiger partial charge < -0.3 is 0 Å². The third-order valence-corrected chi connectivity index (χ3v) is 5.57. The van der Waals surface area contributed by atoms with E-state index in [-0.39, 0.29) is 0 Å². The van der Waals surface area contributed by atoms with Crippen LogP contribution < -0.4 is 0 Å². The van der Waals surface area contributed by atoms with Crippen LogP contribution in [-0.2, 0) is 6.42 Å². The molecule has 0 spiro atoms. The van der Waals surface area contributed by atoms with Gasteiger partial charge in [-0.1, -0.05) is 26.2 Å². The molecule has 0 bridgehead atoms. The van der Waals surface area contributed by atoms with E-state index < -0.39 is 0 Å². The fourth-order valence-electron chi connectivity index (χ4n) is 2.67. The molecule has 3 aromatic rings. The number of hydrogen-bond donors (Lipinski definition) is 0. The summed E-state index contributed by atoms with van der Waals surface area (Å²) in [7, 11) is 0. The van der Waals surface area contributed by atoms with Crippen LogP contribution in [0.5, 0.6) is 0 Å². The first-order valence-corrected chi connectivity index (χ1v) is 9.76. The van der Waals surface area contributed by atoms with Gasteiger partial charge in [0, 0.05) is 22.0 Å². The molecule has 0 aliphatic rings. The minimum absolute atomic E-state index is 1.07. The monoisotopic (exact) mass is 327 g/mol. The van der Waals surface area contributed by atoms with Crippen molar-refractivity contribution < 1.29 is 0 Å². The summed E-state index contributed by atoms with van der Waals surface area (Å²) in [6.07, 6.45) is 8.39. The smallest absolute Gasteiger partial charge is 0.0716 e. The van der Waals surface area contributed by atoms with Crippen LogP contribution in [0.25, 0.3) is 21.7 Å². The van der Waals surface area contributed by atoms with Crippen molar-refractivity contribution in [3.05, 3.63) is 52.2 Å². The van der Waals surface area contributed by atoms with Gasteiger partial charge in [-0.2, -0.15) is 11.3 Å². The van der Waals surface area contributed by atoms with Crippen LogP contribution in [0, 0.1) is 0 Å². The second kappa shape index (κ2) is 7.70. The highest BCUT2D eigenvalue weighted by Crippen LogP contribution is 2.33. The van der Waals surface area contributed by atoms with Gasteiger partial charge in [-0.3, -0.25) is 4.98 Å². The Labute approximate surface area is 140 Å². The standard InChI is InChI=1S/C19H21NS2/c1-2-3-4-5-6-15-9-12-22-19(15)16-7-10-20-18(13-16)17-8-11-21-14-17/h7-14H,2-6H2,1H3. The van der Waals surface area contributed by atoms with Gasteiger partial charge in [0.25, 0.3) is 0 Å². The average molecular weight is 328 g/mol. The first kappa shape index (κ1) is 15.4. The first-order valence-electron chi connectivity index (χ1n) is 7.94. The second-order valence-electron chi connectivity index (χ2n) is 5.53. The van der Waals surface area contributed by atoms with E-state index in [0.29, 0.717) is 0 Å². The van der Waals surface area contributed by atoms with Crippen molar-refractivity contribution in [2.24, 2.45) is 0 Å². The molecule has 114 valence electrons. The molecule has 0 aromatic carbocycles. The van der Waals surface area contributed by atoms with Crippen LogP contribution >= 0.6 is 22.7 Å². The van der Waals surface area contributed by atoms with Crippen LogP contribution in [-0.4, -0.2) is 4.98 Å². The normalized spacial score (nSPS) is 11.0. The highest BCUT2D eigenvalue weighted by Gasteiger charge is 2.09. The van der Waals surface area contributed by atoms with Crippen molar-refractivity contribution in [3.8, 4) is 21.7 Å². The lowest BCUT2D eigenvalue weighted by Gasteiger charge is -2.06. The topological polar surface area (TPSA) is 12.9 Å². The molecule has 0 saturated carbocycles. The summed E-state index contributed by atoms with van der Waals surface area (Å²) in [5, 5.41) is 6.48. The van der Waals surface area contributed by atoms with Gasteiger partial charge >= 0.3 is 0 Å². The largest absolute Gasteiger partial charge is 0.256 e. The molecule has 3 heterocycles. The molecule has 0 N–H and O–H groups in total.